The third-order valence-corrected chi connectivity index (χ3v) is 3.52. The fourth-order valence-electron chi connectivity index (χ4n) is 1.25. The van der Waals surface area contributed by atoms with Crippen LogP contribution < -0.4 is 18.9 Å². The fourth-order valence-corrected chi connectivity index (χ4v) is 1.90. The molecule has 0 spiro atoms. The predicted molar refractivity (Wildman–Crippen MR) is 69.8 cm³/mol. The molecule has 0 rings (SSSR count). The van der Waals surface area contributed by atoms with Crippen LogP contribution in [0.15, 0.2) is 0 Å². The number of esters is 2. The van der Waals surface area contributed by atoms with Crippen molar-refractivity contribution in [1.82, 2.24) is 0 Å². The van der Waals surface area contributed by atoms with Gasteiger partial charge in [-0.15, -0.1) is 0 Å². The van der Waals surface area contributed by atoms with Gasteiger partial charge in [0.2, 0.25) is 0 Å². The van der Waals surface area contributed by atoms with Gasteiger partial charge in [0.25, 0.3) is 0 Å². The van der Waals surface area contributed by atoms with Gasteiger partial charge >= 0.3 is 30.8 Å². The first kappa shape index (κ1) is 22.7. The molecule has 0 saturated carbocycles. The van der Waals surface area contributed by atoms with E-state index in [1.807, 2.05) is 13.8 Å². The molecule has 0 radical (unpaired) electrons. The van der Waals surface area contributed by atoms with E-state index in [1.165, 1.54) is 0 Å². The maximum Gasteiger partial charge on any atom is 1.00 e. The second-order valence-electron chi connectivity index (χ2n) is 4.28. The second-order valence-corrected chi connectivity index (χ2v) is 5.84. The number of carbonyl (C=O) groups excluding carboxylic acids is 2. The molecule has 118 valence electrons. The summed E-state index contributed by atoms with van der Waals surface area (Å²) in [5.74, 6) is -2.09. The van der Waals surface area contributed by atoms with Crippen LogP contribution in [0, 0.1) is 0 Å². The summed E-state index contributed by atoms with van der Waals surface area (Å²) in [6, 6.07) is 0. The summed E-state index contributed by atoms with van der Waals surface area (Å²) in [5, 5.41) is -2.03. The van der Waals surface area contributed by atoms with Crippen LogP contribution in [0.2, 0.25) is 0 Å². The Balaban J connectivity index is 0. The minimum Gasteiger partial charge on any atom is -0.747 e. The van der Waals surface area contributed by atoms with Crippen LogP contribution in [-0.2, 0) is 29.2 Å². The molecule has 0 aliphatic carbocycles. The van der Waals surface area contributed by atoms with E-state index in [1.54, 1.807) is 0 Å². The van der Waals surface area contributed by atoms with Gasteiger partial charge in [-0.1, -0.05) is 26.7 Å². The molecule has 7 nitrogen and oxygen atoms in total. The van der Waals surface area contributed by atoms with Crippen LogP contribution in [0.1, 0.15) is 46.0 Å². The summed E-state index contributed by atoms with van der Waals surface area (Å²) >= 11 is 0. The number of unbranched alkanes of at least 4 members (excludes halogenated alkanes) is 2. The molecular formula is C12H21LiO7S. The molecule has 1 unspecified atom stereocenters. The Kier molecular flexibility index (Phi) is 13.0. The maximum absolute atomic E-state index is 11.5. The number of hydrogen-bond acceptors (Lipinski definition) is 7. The monoisotopic (exact) mass is 316 g/mol. The predicted octanol–water partition coefficient (Wildman–Crippen LogP) is -2.02. The van der Waals surface area contributed by atoms with Gasteiger partial charge in [0.05, 0.1) is 19.6 Å². The normalized spacial score (nSPS) is 12.1. The van der Waals surface area contributed by atoms with E-state index in [4.69, 9.17) is 4.74 Å². The zero-order valence-corrected chi connectivity index (χ0v) is 13.6. The minimum atomic E-state index is -4.95. The first-order valence-electron chi connectivity index (χ1n) is 6.59. The molecule has 0 aromatic carbocycles. The van der Waals surface area contributed by atoms with Gasteiger partial charge in [0.1, 0.15) is 10.1 Å². The van der Waals surface area contributed by atoms with Crippen molar-refractivity contribution in [2.45, 2.75) is 51.2 Å². The van der Waals surface area contributed by atoms with Crippen molar-refractivity contribution in [2.24, 2.45) is 0 Å². The summed E-state index contributed by atoms with van der Waals surface area (Å²) in [6.45, 7) is 3.91. The standard InChI is InChI=1S/C12H22O7S.Li/c1-3-5-7-18-11(13)9-10(20(15,16)17)12(14)19-8-6-4-2;/h10H,3-9H2,1-2H3,(H,15,16,17);/q;+1/p-1. The summed E-state index contributed by atoms with van der Waals surface area (Å²) in [6.07, 6.45) is 1.93. The third kappa shape index (κ3) is 10.8. The van der Waals surface area contributed by atoms with Gasteiger partial charge in [0.15, 0.2) is 5.25 Å². The largest absolute Gasteiger partial charge is 1.00 e. The van der Waals surface area contributed by atoms with Gasteiger partial charge in [-0.05, 0) is 12.8 Å². The quantitative estimate of drug-likeness (QED) is 0.198. The van der Waals surface area contributed by atoms with E-state index in [9.17, 15) is 22.6 Å². The minimum absolute atomic E-state index is 0. The average Bonchev–Trinajstić information content (AvgIpc) is 2.35. The second kappa shape index (κ2) is 12.0. The topological polar surface area (TPSA) is 110 Å². The molecule has 0 saturated heterocycles. The molecule has 0 N–H and O–H groups in total. The van der Waals surface area contributed by atoms with Gasteiger partial charge in [-0.3, -0.25) is 9.59 Å². The van der Waals surface area contributed by atoms with Crippen molar-refractivity contribution in [3.8, 4) is 0 Å². The molecule has 21 heavy (non-hydrogen) atoms. The molecule has 0 heterocycles. The van der Waals surface area contributed by atoms with Gasteiger partial charge < -0.3 is 14.0 Å². The Morgan fingerprint density at radius 2 is 1.52 bits per heavy atom. The molecular weight excluding hydrogens is 295 g/mol. The Morgan fingerprint density at radius 1 is 1.05 bits per heavy atom. The van der Waals surface area contributed by atoms with Crippen molar-refractivity contribution in [3.05, 3.63) is 0 Å². The summed E-state index contributed by atoms with van der Waals surface area (Å²) in [4.78, 5) is 22.9. The number of carbonyl (C=O) groups is 2. The number of hydrogen-bond donors (Lipinski definition) is 0. The van der Waals surface area contributed by atoms with Crippen molar-refractivity contribution in [2.75, 3.05) is 13.2 Å². The SMILES string of the molecule is CCCCOC(=O)CC(C(=O)OCCCC)S(=O)(=O)[O-].[Li+]. The van der Waals surface area contributed by atoms with E-state index in [0.717, 1.165) is 12.8 Å². The van der Waals surface area contributed by atoms with Crippen molar-refractivity contribution >= 4 is 22.1 Å². The van der Waals surface area contributed by atoms with Crippen LogP contribution in [-0.4, -0.2) is 43.4 Å². The summed E-state index contributed by atoms with van der Waals surface area (Å²) < 4.78 is 42.4. The van der Waals surface area contributed by atoms with Crippen LogP contribution in [0.4, 0.5) is 0 Å². The number of rotatable bonds is 10. The van der Waals surface area contributed by atoms with E-state index in [2.05, 4.69) is 4.74 Å². The van der Waals surface area contributed by atoms with E-state index in [0.29, 0.717) is 12.8 Å². The summed E-state index contributed by atoms with van der Waals surface area (Å²) in [5.41, 5.74) is 0. The molecule has 0 aliphatic rings. The van der Waals surface area contributed by atoms with Crippen LogP contribution >= 0.6 is 0 Å². The molecule has 1 atom stereocenters. The Labute approximate surface area is 137 Å². The van der Waals surface area contributed by atoms with E-state index < -0.39 is 33.7 Å². The molecule has 0 amide bonds. The van der Waals surface area contributed by atoms with Crippen molar-refractivity contribution in [3.63, 3.8) is 0 Å². The van der Waals surface area contributed by atoms with Gasteiger partial charge in [0, 0.05) is 0 Å². The number of ether oxygens (including phenoxy) is 2. The third-order valence-electron chi connectivity index (χ3n) is 2.47. The molecule has 0 fully saturated rings. The van der Waals surface area contributed by atoms with Gasteiger partial charge in [-0.2, -0.15) is 0 Å². The Morgan fingerprint density at radius 3 is 1.95 bits per heavy atom. The molecule has 9 heteroatoms. The van der Waals surface area contributed by atoms with Crippen LogP contribution in [0.5, 0.6) is 0 Å². The average molecular weight is 316 g/mol. The maximum atomic E-state index is 11.5. The van der Waals surface area contributed by atoms with Gasteiger partial charge in [-0.25, -0.2) is 8.42 Å². The molecule has 0 aliphatic heterocycles. The Hall–Kier alpha value is -0.553. The molecule has 0 aromatic heterocycles. The van der Waals surface area contributed by atoms with Crippen LogP contribution in [0.3, 0.4) is 0 Å². The van der Waals surface area contributed by atoms with Crippen LogP contribution in [0.25, 0.3) is 0 Å². The molecule has 0 aromatic rings. The fraction of sp³-hybridized carbons (Fsp3) is 0.833. The summed E-state index contributed by atoms with van der Waals surface area (Å²) in [7, 11) is -4.95. The van der Waals surface area contributed by atoms with E-state index >= 15 is 0 Å². The van der Waals surface area contributed by atoms with Crippen molar-refractivity contribution in [1.29, 1.82) is 0 Å². The smallest absolute Gasteiger partial charge is 0.747 e. The van der Waals surface area contributed by atoms with E-state index in [-0.39, 0.29) is 32.1 Å². The Bertz CT molecular complexity index is 408. The first-order valence-corrected chi connectivity index (χ1v) is 8.07. The first-order chi connectivity index (χ1) is 9.32. The zero-order valence-electron chi connectivity index (χ0n) is 12.8. The van der Waals surface area contributed by atoms with Crippen molar-refractivity contribution < 1.29 is 50.9 Å². The molecule has 0 bridgehead atoms. The zero-order chi connectivity index (χ0) is 15.6.